The highest BCUT2D eigenvalue weighted by atomic mass is 32.1. The second kappa shape index (κ2) is 12.7. The van der Waals surface area contributed by atoms with Gasteiger partial charge in [-0.2, -0.15) is 0 Å². The van der Waals surface area contributed by atoms with E-state index in [1.54, 1.807) is 11.3 Å². The van der Waals surface area contributed by atoms with Gasteiger partial charge in [-0.3, -0.25) is 9.59 Å². The third-order valence-corrected chi connectivity index (χ3v) is 5.56. The Labute approximate surface area is 187 Å². The molecule has 0 fully saturated rings. The minimum Gasteiger partial charge on any atom is -0.366 e. The maximum atomic E-state index is 12.2. The van der Waals surface area contributed by atoms with Gasteiger partial charge in [0.25, 0.3) is 0 Å². The average Bonchev–Trinajstić information content (AvgIpc) is 3.30. The molecule has 2 amide bonds. The smallest absolute Gasteiger partial charge is 0.246 e. The van der Waals surface area contributed by atoms with E-state index in [1.165, 1.54) is 0 Å². The van der Waals surface area contributed by atoms with Gasteiger partial charge < -0.3 is 15.4 Å². The van der Waals surface area contributed by atoms with Crippen LogP contribution in [0.3, 0.4) is 0 Å². The van der Waals surface area contributed by atoms with Crippen LogP contribution in [0.4, 0.5) is 5.69 Å². The number of carbonyl (C=O) groups excluding carboxylic acids is 2. The van der Waals surface area contributed by atoms with Gasteiger partial charge in [0.2, 0.25) is 11.8 Å². The number of unbranched alkanes of at least 4 members (excludes halogenated alkanes) is 2. The number of ether oxygens (including phenoxy) is 1. The quantitative estimate of drug-likeness (QED) is 0.381. The lowest BCUT2D eigenvalue weighted by atomic mass is 10.1. The molecule has 0 spiro atoms. The molecule has 0 unspecified atom stereocenters. The zero-order valence-corrected chi connectivity index (χ0v) is 18.3. The molecule has 0 atom stereocenters. The van der Waals surface area contributed by atoms with Gasteiger partial charge in [-0.05, 0) is 47.5 Å². The molecule has 2 aromatic carbocycles. The molecule has 1 heterocycles. The van der Waals surface area contributed by atoms with Gasteiger partial charge in [0, 0.05) is 23.5 Å². The fourth-order valence-corrected chi connectivity index (χ4v) is 3.78. The number of anilines is 1. The van der Waals surface area contributed by atoms with Crippen LogP contribution in [0.25, 0.3) is 11.1 Å². The van der Waals surface area contributed by atoms with Crippen LogP contribution in [-0.4, -0.2) is 25.0 Å². The molecule has 162 valence electrons. The number of thiophene rings is 1. The second-order valence-corrected chi connectivity index (χ2v) is 8.26. The predicted molar refractivity (Wildman–Crippen MR) is 126 cm³/mol. The molecule has 0 aliphatic rings. The van der Waals surface area contributed by atoms with Crippen LogP contribution in [0.5, 0.6) is 0 Å². The van der Waals surface area contributed by atoms with Gasteiger partial charge in [-0.1, -0.05) is 55.0 Å². The molecule has 0 aliphatic heterocycles. The molecular weight excluding hydrogens is 408 g/mol. The van der Waals surface area contributed by atoms with E-state index < -0.39 is 0 Å². The van der Waals surface area contributed by atoms with Crippen molar-refractivity contribution in [2.24, 2.45) is 0 Å². The van der Waals surface area contributed by atoms with E-state index in [0.717, 1.165) is 41.0 Å². The molecule has 1 aromatic heterocycles. The van der Waals surface area contributed by atoms with Crippen molar-refractivity contribution in [2.45, 2.75) is 32.3 Å². The van der Waals surface area contributed by atoms with Gasteiger partial charge in [0.1, 0.15) is 6.61 Å². The van der Waals surface area contributed by atoms with E-state index in [1.807, 2.05) is 60.0 Å². The van der Waals surface area contributed by atoms with Crippen LogP contribution < -0.4 is 10.6 Å². The molecule has 2 N–H and O–H groups in total. The summed E-state index contributed by atoms with van der Waals surface area (Å²) in [6.45, 7) is 1.14. The Kier molecular flexibility index (Phi) is 9.29. The van der Waals surface area contributed by atoms with Crippen LogP contribution >= 0.6 is 11.3 Å². The minimum atomic E-state index is -0.104. The molecule has 0 radical (unpaired) electrons. The predicted octanol–water partition coefficient (Wildman–Crippen LogP) is 5.25. The van der Waals surface area contributed by atoms with E-state index in [2.05, 4.69) is 22.8 Å². The Bertz CT molecular complexity index is 942. The molecule has 5 nitrogen and oxygen atoms in total. The molecular formula is C25H28N2O3S. The molecule has 31 heavy (non-hydrogen) atoms. The lowest BCUT2D eigenvalue weighted by molar-refractivity contribution is -0.126. The summed E-state index contributed by atoms with van der Waals surface area (Å²) in [4.78, 5) is 25.1. The van der Waals surface area contributed by atoms with Gasteiger partial charge in [-0.25, -0.2) is 0 Å². The summed E-state index contributed by atoms with van der Waals surface area (Å²) in [5, 5.41) is 7.81. The van der Waals surface area contributed by atoms with Crippen molar-refractivity contribution in [3.05, 3.63) is 77.0 Å². The molecule has 3 rings (SSSR count). The number of rotatable bonds is 12. The summed E-state index contributed by atoms with van der Waals surface area (Å²) < 4.78 is 5.39. The molecule has 6 heteroatoms. The first-order chi connectivity index (χ1) is 15.2. The lowest BCUT2D eigenvalue weighted by Crippen LogP contribution is -2.28. The number of hydrogen-bond acceptors (Lipinski definition) is 4. The van der Waals surface area contributed by atoms with Crippen molar-refractivity contribution in [3.8, 4) is 11.1 Å². The number of carbonyl (C=O) groups is 2. The van der Waals surface area contributed by atoms with Crippen LogP contribution in [0.1, 0.15) is 30.6 Å². The standard InChI is InChI=1S/C25H28N2O3S/c28-24(27-22-12-7-11-21(17-22)20-9-3-1-4-10-20)14-5-2-6-15-26-25(29)19-30-18-23-13-8-16-31-23/h1,3-4,7-13,16-17H,2,5-6,14-15,18-19H2,(H,26,29)(H,27,28). The highest BCUT2D eigenvalue weighted by Gasteiger charge is 2.05. The van der Waals surface area contributed by atoms with Crippen molar-refractivity contribution in [3.63, 3.8) is 0 Å². The van der Waals surface area contributed by atoms with Crippen LogP contribution in [0.15, 0.2) is 72.1 Å². The third-order valence-electron chi connectivity index (χ3n) is 4.71. The van der Waals surface area contributed by atoms with Crippen molar-refractivity contribution < 1.29 is 14.3 Å². The topological polar surface area (TPSA) is 67.4 Å². The normalized spacial score (nSPS) is 10.6. The molecule has 0 saturated heterocycles. The number of amides is 2. The Hall–Kier alpha value is -2.96. The van der Waals surface area contributed by atoms with E-state index in [9.17, 15) is 9.59 Å². The van der Waals surface area contributed by atoms with Gasteiger partial charge >= 0.3 is 0 Å². The second-order valence-electron chi connectivity index (χ2n) is 7.23. The molecule has 0 bridgehead atoms. The number of hydrogen-bond donors (Lipinski definition) is 2. The van der Waals surface area contributed by atoms with Crippen molar-refractivity contribution in [2.75, 3.05) is 18.5 Å². The minimum absolute atomic E-state index is 0.0104. The van der Waals surface area contributed by atoms with Crippen LogP contribution in [0.2, 0.25) is 0 Å². The van der Waals surface area contributed by atoms with Gasteiger partial charge in [0.05, 0.1) is 6.61 Å². The van der Waals surface area contributed by atoms with E-state index >= 15 is 0 Å². The fourth-order valence-electron chi connectivity index (χ4n) is 3.14. The maximum Gasteiger partial charge on any atom is 0.246 e. The van der Waals surface area contributed by atoms with Crippen LogP contribution in [0, 0.1) is 0 Å². The average molecular weight is 437 g/mol. The zero-order chi connectivity index (χ0) is 21.7. The largest absolute Gasteiger partial charge is 0.366 e. The van der Waals surface area contributed by atoms with Crippen molar-refractivity contribution in [1.82, 2.24) is 5.32 Å². The van der Waals surface area contributed by atoms with Crippen molar-refractivity contribution in [1.29, 1.82) is 0 Å². The van der Waals surface area contributed by atoms with E-state index in [4.69, 9.17) is 4.74 Å². The first-order valence-electron chi connectivity index (χ1n) is 10.5. The Morgan fingerprint density at radius 1 is 0.839 bits per heavy atom. The fraction of sp³-hybridized carbons (Fsp3) is 0.280. The van der Waals surface area contributed by atoms with Crippen molar-refractivity contribution >= 4 is 28.8 Å². The third kappa shape index (κ3) is 8.36. The number of nitrogens with one attached hydrogen (secondary N) is 2. The van der Waals surface area contributed by atoms with Gasteiger partial charge in [-0.15, -0.1) is 11.3 Å². The summed E-state index contributed by atoms with van der Waals surface area (Å²) in [6.07, 6.45) is 2.98. The molecule has 0 aliphatic carbocycles. The summed E-state index contributed by atoms with van der Waals surface area (Å²) >= 11 is 1.61. The Morgan fingerprint density at radius 2 is 1.68 bits per heavy atom. The van der Waals surface area contributed by atoms with E-state index in [0.29, 0.717) is 19.6 Å². The highest BCUT2D eigenvalue weighted by molar-refractivity contribution is 7.09. The zero-order valence-electron chi connectivity index (χ0n) is 17.5. The summed E-state index contributed by atoms with van der Waals surface area (Å²) in [7, 11) is 0. The maximum absolute atomic E-state index is 12.2. The van der Waals surface area contributed by atoms with Gasteiger partial charge in [0.15, 0.2) is 0 Å². The Morgan fingerprint density at radius 3 is 2.48 bits per heavy atom. The van der Waals surface area contributed by atoms with E-state index in [-0.39, 0.29) is 18.4 Å². The first kappa shape index (κ1) is 22.7. The van der Waals surface area contributed by atoms with Crippen LogP contribution in [-0.2, 0) is 20.9 Å². The lowest BCUT2D eigenvalue weighted by Gasteiger charge is -2.08. The summed E-state index contributed by atoms with van der Waals surface area (Å²) in [5.41, 5.74) is 3.01. The SMILES string of the molecule is O=C(COCc1cccs1)NCCCCCC(=O)Nc1cccc(-c2ccccc2)c1. The first-order valence-corrected chi connectivity index (χ1v) is 11.4. The summed E-state index contributed by atoms with van der Waals surface area (Å²) in [5.74, 6) is -0.0937. The Balaban J connectivity index is 1.26. The molecule has 0 saturated carbocycles. The summed E-state index contributed by atoms with van der Waals surface area (Å²) in [6, 6.07) is 21.9. The number of benzene rings is 2. The monoisotopic (exact) mass is 436 g/mol. The molecule has 3 aromatic rings. The highest BCUT2D eigenvalue weighted by Crippen LogP contribution is 2.22.